The molecule has 0 saturated carbocycles. The Bertz CT molecular complexity index is 233. The minimum atomic E-state index is -0.104. The van der Waals surface area contributed by atoms with Gasteiger partial charge in [0.25, 0.3) is 0 Å². The number of hydrogen-bond donors (Lipinski definition) is 2. The summed E-state index contributed by atoms with van der Waals surface area (Å²) in [6.45, 7) is 11.6. The van der Waals surface area contributed by atoms with Gasteiger partial charge in [-0.25, -0.2) is 0 Å². The summed E-state index contributed by atoms with van der Waals surface area (Å²) in [6, 6.07) is 0.149. The standard InChI is InChI=1S/C11H19NO.ClH.H3N/c1-6-10(9(5)8(3)4)12-11(13)7-2;;/h7,10H,2,6H2,1,3-5H3,(H,12,13);1H;1H3. The second kappa shape index (κ2) is 9.74. The van der Waals surface area contributed by atoms with E-state index in [1.165, 1.54) is 17.2 Å². The third kappa shape index (κ3) is 7.17. The molecule has 15 heavy (non-hydrogen) atoms. The lowest BCUT2D eigenvalue weighted by Crippen LogP contribution is -2.34. The second-order valence-corrected chi connectivity index (χ2v) is 3.36. The first-order chi connectivity index (χ1) is 6.02. The Morgan fingerprint density at radius 3 is 2.13 bits per heavy atom. The minimum Gasteiger partial charge on any atom is -0.346 e. The van der Waals surface area contributed by atoms with Crippen LogP contribution < -0.4 is 11.5 Å². The van der Waals surface area contributed by atoms with Crippen LogP contribution in [0.25, 0.3) is 0 Å². The molecule has 0 heterocycles. The third-order valence-corrected chi connectivity index (χ3v) is 2.22. The fourth-order valence-electron chi connectivity index (χ4n) is 1.10. The fourth-order valence-corrected chi connectivity index (χ4v) is 1.10. The number of hydrogen-bond acceptors (Lipinski definition) is 2. The maximum Gasteiger partial charge on any atom is 0.243 e. The normalized spacial score (nSPS) is 10.1. The van der Waals surface area contributed by atoms with Gasteiger partial charge in [0, 0.05) is 0 Å². The monoisotopic (exact) mass is 234 g/mol. The molecule has 0 aliphatic rings. The molecule has 0 aromatic rings. The van der Waals surface area contributed by atoms with Gasteiger partial charge in [-0.05, 0) is 33.3 Å². The van der Waals surface area contributed by atoms with Crippen LogP contribution in [0.1, 0.15) is 34.1 Å². The highest BCUT2D eigenvalue weighted by Gasteiger charge is 2.10. The number of allylic oxidation sites excluding steroid dienone is 1. The van der Waals surface area contributed by atoms with Gasteiger partial charge in [-0.2, -0.15) is 0 Å². The molecule has 4 N–H and O–H groups in total. The number of rotatable bonds is 4. The van der Waals surface area contributed by atoms with Crippen molar-refractivity contribution >= 4 is 18.3 Å². The smallest absolute Gasteiger partial charge is 0.243 e. The molecular formula is C11H23ClN2O. The minimum absolute atomic E-state index is 0. The molecule has 0 bridgehead atoms. The van der Waals surface area contributed by atoms with E-state index >= 15 is 0 Å². The Kier molecular flexibility index (Phi) is 12.8. The Hall–Kier alpha value is -0.800. The predicted octanol–water partition coefficient (Wildman–Crippen LogP) is 3.01. The lowest BCUT2D eigenvalue weighted by Gasteiger charge is -2.18. The van der Waals surface area contributed by atoms with Gasteiger partial charge in [-0.3, -0.25) is 4.79 Å². The molecular weight excluding hydrogens is 212 g/mol. The van der Waals surface area contributed by atoms with Crippen LogP contribution >= 0.6 is 12.4 Å². The highest BCUT2D eigenvalue weighted by Crippen LogP contribution is 2.10. The van der Waals surface area contributed by atoms with Crippen molar-refractivity contribution < 1.29 is 4.79 Å². The molecule has 1 unspecified atom stereocenters. The van der Waals surface area contributed by atoms with E-state index in [1.54, 1.807) is 0 Å². The SMILES string of the molecule is C=CC(=O)NC(CC)C(C)=C(C)C.Cl.N. The topological polar surface area (TPSA) is 64.1 Å². The highest BCUT2D eigenvalue weighted by molar-refractivity contribution is 5.87. The first-order valence-corrected chi connectivity index (χ1v) is 4.59. The van der Waals surface area contributed by atoms with Crippen LogP contribution in [0, 0.1) is 0 Å². The Labute approximate surface area is 99.0 Å². The summed E-state index contributed by atoms with van der Waals surface area (Å²) >= 11 is 0. The zero-order chi connectivity index (χ0) is 10.4. The van der Waals surface area contributed by atoms with Crippen LogP contribution in [0.5, 0.6) is 0 Å². The van der Waals surface area contributed by atoms with Gasteiger partial charge in [-0.15, -0.1) is 12.4 Å². The largest absolute Gasteiger partial charge is 0.346 e. The van der Waals surface area contributed by atoms with Gasteiger partial charge >= 0.3 is 0 Å². The zero-order valence-corrected chi connectivity index (χ0v) is 10.9. The molecule has 0 aliphatic heterocycles. The molecule has 0 aliphatic carbocycles. The molecule has 90 valence electrons. The van der Waals surface area contributed by atoms with Crippen LogP contribution in [-0.4, -0.2) is 11.9 Å². The van der Waals surface area contributed by atoms with E-state index in [0.29, 0.717) is 0 Å². The summed E-state index contributed by atoms with van der Waals surface area (Å²) in [6.07, 6.45) is 2.22. The quantitative estimate of drug-likeness (QED) is 0.580. The van der Waals surface area contributed by atoms with Crippen LogP contribution in [0.3, 0.4) is 0 Å². The zero-order valence-electron chi connectivity index (χ0n) is 10.1. The Morgan fingerprint density at radius 2 is 1.87 bits per heavy atom. The van der Waals surface area contributed by atoms with Gasteiger partial charge in [0.1, 0.15) is 0 Å². The Morgan fingerprint density at radius 1 is 1.40 bits per heavy atom. The predicted molar refractivity (Wildman–Crippen MR) is 68.7 cm³/mol. The molecule has 4 heteroatoms. The van der Waals surface area contributed by atoms with E-state index in [4.69, 9.17) is 0 Å². The first kappa shape index (κ1) is 19.7. The molecule has 0 fully saturated rings. The van der Waals surface area contributed by atoms with Crippen molar-refractivity contribution in [1.82, 2.24) is 11.5 Å². The van der Waals surface area contributed by atoms with Gasteiger partial charge in [0.05, 0.1) is 6.04 Å². The van der Waals surface area contributed by atoms with E-state index < -0.39 is 0 Å². The average Bonchev–Trinajstić information content (AvgIpc) is 2.12. The van der Waals surface area contributed by atoms with E-state index in [9.17, 15) is 4.79 Å². The van der Waals surface area contributed by atoms with Crippen molar-refractivity contribution in [3.8, 4) is 0 Å². The molecule has 0 saturated heterocycles. The van der Waals surface area contributed by atoms with Crippen molar-refractivity contribution in [2.45, 2.75) is 40.2 Å². The molecule has 0 aromatic carbocycles. The molecule has 0 radical (unpaired) electrons. The van der Waals surface area contributed by atoms with E-state index in [1.807, 2.05) is 6.92 Å². The number of amides is 1. The van der Waals surface area contributed by atoms with Crippen molar-refractivity contribution in [2.24, 2.45) is 0 Å². The maximum absolute atomic E-state index is 11.1. The molecule has 1 atom stereocenters. The van der Waals surface area contributed by atoms with Crippen LogP contribution in [0.2, 0.25) is 0 Å². The number of nitrogens with one attached hydrogen (secondary N) is 1. The molecule has 0 aromatic heterocycles. The highest BCUT2D eigenvalue weighted by atomic mass is 35.5. The molecule has 3 nitrogen and oxygen atoms in total. The molecule has 0 spiro atoms. The van der Waals surface area contributed by atoms with Gasteiger partial charge in [0.2, 0.25) is 5.91 Å². The van der Waals surface area contributed by atoms with Gasteiger partial charge in [0.15, 0.2) is 0 Å². The van der Waals surface area contributed by atoms with Gasteiger partial charge < -0.3 is 11.5 Å². The fraction of sp³-hybridized carbons (Fsp3) is 0.545. The van der Waals surface area contributed by atoms with Crippen molar-refractivity contribution in [3.05, 3.63) is 23.8 Å². The van der Waals surface area contributed by atoms with E-state index in [-0.39, 0.29) is 30.5 Å². The van der Waals surface area contributed by atoms with E-state index in [0.717, 1.165) is 6.42 Å². The molecule has 1 amide bonds. The summed E-state index contributed by atoms with van der Waals surface area (Å²) in [7, 11) is 0. The van der Waals surface area contributed by atoms with Crippen molar-refractivity contribution in [2.75, 3.05) is 0 Å². The van der Waals surface area contributed by atoms with Crippen molar-refractivity contribution in [3.63, 3.8) is 0 Å². The third-order valence-electron chi connectivity index (χ3n) is 2.22. The number of halogens is 1. The summed E-state index contributed by atoms with van der Waals surface area (Å²) in [5.74, 6) is -0.104. The summed E-state index contributed by atoms with van der Waals surface area (Å²) in [5, 5.41) is 2.88. The lowest BCUT2D eigenvalue weighted by molar-refractivity contribution is -0.116. The van der Waals surface area contributed by atoms with E-state index in [2.05, 4.69) is 32.7 Å². The maximum atomic E-state index is 11.1. The summed E-state index contributed by atoms with van der Waals surface area (Å²) in [4.78, 5) is 11.1. The number of carbonyl (C=O) groups excluding carboxylic acids is 1. The average molecular weight is 235 g/mol. The number of carbonyl (C=O) groups is 1. The van der Waals surface area contributed by atoms with Gasteiger partial charge in [-0.1, -0.05) is 24.6 Å². The second-order valence-electron chi connectivity index (χ2n) is 3.36. The summed E-state index contributed by atoms with van der Waals surface area (Å²) < 4.78 is 0. The molecule has 0 rings (SSSR count). The Balaban J connectivity index is -0.000000720. The summed E-state index contributed by atoms with van der Waals surface area (Å²) in [5.41, 5.74) is 2.49. The lowest BCUT2D eigenvalue weighted by atomic mass is 10.0. The van der Waals surface area contributed by atoms with Crippen molar-refractivity contribution in [1.29, 1.82) is 0 Å². The van der Waals surface area contributed by atoms with Crippen LogP contribution in [0.15, 0.2) is 23.8 Å². The van der Waals surface area contributed by atoms with Crippen LogP contribution in [-0.2, 0) is 4.79 Å². The first-order valence-electron chi connectivity index (χ1n) is 4.59. The van der Waals surface area contributed by atoms with Crippen LogP contribution in [0.4, 0.5) is 0 Å².